The van der Waals surface area contributed by atoms with Gasteiger partial charge in [0, 0.05) is 29.6 Å². The van der Waals surface area contributed by atoms with Gasteiger partial charge in [-0.25, -0.2) is 22.5 Å². The van der Waals surface area contributed by atoms with E-state index in [0.717, 1.165) is 41.7 Å². The molecule has 190 valence electrons. The summed E-state index contributed by atoms with van der Waals surface area (Å²) >= 11 is 0. The molecule has 2 atom stereocenters. The smallest absolute Gasteiger partial charge is 0.329 e. The van der Waals surface area contributed by atoms with E-state index in [1.807, 2.05) is 7.05 Å². The van der Waals surface area contributed by atoms with Crippen LogP contribution in [-0.4, -0.2) is 40.0 Å². The largest absolute Gasteiger partial charge is 0.348 e. The Hall–Kier alpha value is -3.40. The second kappa shape index (κ2) is 8.92. The standard InChI is InChI=1S/C26H27F3N4O3/c1-14(18-5-3-16(28)12-20(18)29)30-23(34)22(26-9-7-17(8-10-26)32(2)13-26)33-24(35)19-11-15(27)4-6-21(19)31-25(33)36/h3-6,11-12,14,17,22H,7-10,13H2,1-2H3,(H,30,34)(H,31,36)/t14-,17?,22?,26?/m0/s1. The molecule has 3 heterocycles. The van der Waals surface area contributed by atoms with Crippen molar-refractivity contribution in [2.45, 2.75) is 50.7 Å². The van der Waals surface area contributed by atoms with Gasteiger partial charge >= 0.3 is 5.69 Å². The summed E-state index contributed by atoms with van der Waals surface area (Å²) in [6, 6.07) is 4.87. The monoisotopic (exact) mass is 500 g/mol. The maximum absolute atomic E-state index is 14.4. The molecule has 3 aliphatic rings. The zero-order valence-corrected chi connectivity index (χ0v) is 20.0. The zero-order valence-electron chi connectivity index (χ0n) is 20.0. The summed E-state index contributed by atoms with van der Waals surface area (Å²) in [5.74, 6) is -2.82. The summed E-state index contributed by atoms with van der Waals surface area (Å²) < 4.78 is 42.7. The summed E-state index contributed by atoms with van der Waals surface area (Å²) in [4.78, 5) is 45.5. The molecule has 1 unspecified atom stereocenters. The maximum Gasteiger partial charge on any atom is 0.329 e. The van der Waals surface area contributed by atoms with Crippen LogP contribution in [0.25, 0.3) is 10.9 Å². The molecular weight excluding hydrogens is 473 g/mol. The fraction of sp³-hybridized carbons (Fsp3) is 0.423. The molecule has 10 heteroatoms. The number of hydrogen-bond acceptors (Lipinski definition) is 4. The van der Waals surface area contributed by atoms with E-state index in [4.69, 9.17) is 0 Å². The van der Waals surface area contributed by atoms with Gasteiger partial charge in [0.1, 0.15) is 23.5 Å². The lowest BCUT2D eigenvalue weighted by atomic mass is 9.63. The average Bonchev–Trinajstić information content (AvgIpc) is 2.82. The van der Waals surface area contributed by atoms with Gasteiger partial charge in [-0.1, -0.05) is 6.07 Å². The van der Waals surface area contributed by atoms with Crippen LogP contribution in [0.1, 0.15) is 50.3 Å². The molecule has 0 spiro atoms. The summed E-state index contributed by atoms with van der Waals surface area (Å²) in [6.07, 6.45) is 2.84. The van der Waals surface area contributed by atoms with Crippen LogP contribution < -0.4 is 16.6 Å². The summed E-state index contributed by atoms with van der Waals surface area (Å²) in [5.41, 5.74) is -2.02. The first-order valence-corrected chi connectivity index (χ1v) is 12.0. The molecule has 1 amide bonds. The normalized spacial score (nSPS) is 23.5. The summed E-state index contributed by atoms with van der Waals surface area (Å²) in [6.45, 7) is 2.04. The van der Waals surface area contributed by atoms with Crippen LogP contribution in [0.4, 0.5) is 13.2 Å². The molecule has 2 aromatic carbocycles. The molecule has 2 N–H and O–H groups in total. The van der Waals surface area contributed by atoms with E-state index >= 15 is 0 Å². The third-order valence-corrected chi connectivity index (χ3v) is 7.90. The molecule has 6 rings (SSSR count). The number of halogens is 3. The minimum atomic E-state index is -1.21. The number of benzene rings is 2. The highest BCUT2D eigenvalue weighted by atomic mass is 19.1. The lowest BCUT2D eigenvalue weighted by Crippen LogP contribution is -2.61. The fourth-order valence-electron chi connectivity index (χ4n) is 6.09. The molecule has 2 aliphatic heterocycles. The van der Waals surface area contributed by atoms with Crippen LogP contribution in [-0.2, 0) is 4.79 Å². The Labute approximate surface area is 204 Å². The van der Waals surface area contributed by atoms with Gasteiger partial charge in [0.05, 0.1) is 16.9 Å². The number of fused-ring (bicyclic) bond motifs is 4. The molecule has 1 aliphatic carbocycles. The first-order valence-electron chi connectivity index (χ1n) is 12.0. The predicted octanol–water partition coefficient (Wildman–Crippen LogP) is 3.40. The van der Waals surface area contributed by atoms with E-state index in [1.54, 1.807) is 6.92 Å². The highest BCUT2D eigenvalue weighted by Crippen LogP contribution is 2.50. The van der Waals surface area contributed by atoms with Crippen LogP contribution in [0, 0.1) is 22.9 Å². The van der Waals surface area contributed by atoms with E-state index in [9.17, 15) is 27.6 Å². The van der Waals surface area contributed by atoms with E-state index in [-0.39, 0.29) is 16.5 Å². The van der Waals surface area contributed by atoms with Crippen molar-refractivity contribution in [1.82, 2.24) is 19.8 Å². The number of hydrogen-bond donors (Lipinski definition) is 2. The second-order valence-electron chi connectivity index (χ2n) is 10.1. The third kappa shape index (κ3) is 4.03. The lowest BCUT2D eigenvalue weighted by molar-refractivity contribution is -0.135. The summed E-state index contributed by atoms with van der Waals surface area (Å²) in [5, 5.41) is 2.71. The van der Waals surface area contributed by atoms with Crippen LogP contribution in [0.3, 0.4) is 0 Å². The van der Waals surface area contributed by atoms with Gasteiger partial charge in [-0.3, -0.25) is 9.59 Å². The number of piperidine rings is 2. The van der Waals surface area contributed by atoms with Crippen molar-refractivity contribution in [3.8, 4) is 0 Å². The van der Waals surface area contributed by atoms with Crippen molar-refractivity contribution in [2.75, 3.05) is 13.6 Å². The SMILES string of the molecule is C[C@H](NC(=O)C(n1c(=O)[nH]c2ccc(F)cc2c1=O)C12CCC(CC1)N(C)C2)c1ccc(F)cc1F. The molecule has 3 aromatic rings. The number of rotatable bonds is 5. The Morgan fingerprint density at radius 1 is 1.08 bits per heavy atom. The number of aromatic nitrogens is 2. The minimum Gasteiger partial charge on any atom is -0.348 e. The molecule has 2 bridgehead atoms. The Bertz CT molecular complexity index is 1460. The van der Waals surface area contributed by atoms with Crippen molar-refractivity contribution in [2.24, 2.45) is 5.41 Å². The van der Waals surface area contributed by atoms with Crippen molar-refractivity contribution in [3.05, 3.63) is 80.3 Å². The first-order chi connectivity index (χ1) is 17.1. The van der Waals surface area contributed by atoms with E-state index in [2.05, 4.69) is 15.2 Å². The molecular formula is C26H27F3N4O3. The van der Waals surface area contributed by atoms with E-state index in [1.165, 1.54) is 12.1 Å². The first kappa shape index (κ1) is 24.3. The molecule has 1 aromatic heterocycles. The van der Waals surface area contributed by atoms with Gasteiger partial charge in [-0.05, 0) is 63.9 Å². The molecule has 0 radical (unpaired) electrons. The molecule has 2 saturated heterocycles. The fourth-order valence-corrected chi connectivity index (χ4v) is 6.09. The summed E-state index contributed by atoms with van der Waals surface area (Å²) in [7, 11) is 1.95. The molecule has 36 heavy (non-hydrogen) atoms. The van der Waals surface area contributed by atoms with Crippen LogP contribution >= 0.6 is 0 Å². The van der Waals surface area contributed by atoms with Crippen LogP contribution in [0.15, 0.2) is 46.0 Å². The highest BCUT2D eigenvalue weighted by Gasteiger charge is 2.52. The molecule has 7 nitrogen and oxygen atoms in total. The van der Waals surface area contributed by atoms with E-state index in [0.29, 0.717) is 25.4 Å². The quantitative estimate of drug-likeness (QED) is 0.562. The number of H-pyrrole nitrogens is 1. The molecule has 3 fully saturated rings. The van der Waals surface area contributed by atoms with Gasteiger partial charge in [0.25, 0.3) is 5.56 Å². The second-order valence-corrected chi connectivity index (χ2v) is 10.1. The number of amides is 1. The van der Waals surface area contributed by atoms with Gasteiger partial charge in [-0.2, -0.15) is 0 Å². The highest BCUT2D eigenvalue weighted by molar-refractivity contribution is 5.83. The Morgan fingerprint density at radius 3 is 2.42 bits per heavy atom. The number of nitrogens with zero attached hydrogens (tertiary/aromatic N) is 2. The Balaban J connectivity index is 1.63. The Morgan fingerprint density at radius 2 is 1.75 bits per heavy atom. The van der Waals surface area contributed by atoms with Crippen molar-refractivity contribution in [3.63, 3.8) is 0 Å². The molecule has 1 saturated carbocycles. The predicted molar refractivity (Wildman–Crippen MR) is 128 cm³/mol. The number of carbonyl (C=O) groups is 1. The van der Waals surface area contributed by atoms with Gasteiger partial charge < -0.3 is 15.2 Å². The van der Waals surface area contributed by atoms with Crippen LogP contribution in [0.2, 0.25) is 0 Å². The number of carbonyl (C=O) groups excluding carboxylic acids is 1. The average molecular weight is 501 g/mol. The maximum atomic E-state index is 14.4. The zero-order chi connectivity index (χ0) is 25.8. The van der Waals surface area contributed by atoms with Gasteiger partial charge in [-0.15, -0.1) is 0 Å². The minimum absolute atomic E-state index is 0.0423. The van der Waals surface area contributed by atoms with Crippen molar-refractivity contribution < 1.29 is 18.0 Å². The van der Waals surface area contributed by atoms with E-state index < -0.39 is 52.1 Å². The van der Waals surface area contributed by atoms with Gasteiger partial charge in [0.15, 0.2) is 0 Å². The van der Waals surface area contributed by atoms with Gasteiger partial charge in [0.2, 0.25) is 5.91 Å². The van der Waals surface area contributed by atoms with Crippen LogP contribution in [0.5, 0.6) is 0 Å². The lowest BCUT2D eigenvalue weighted by Gasteiger charge is -2.54. The third-order valence-electron chi connectivity index (χ3n) is 7.90. The van der Waals surface area contributed by atoms with Crippen molar-refractivity contribution in [1.29, 1.82) is 0 Å². The van der Waals surface area contributed by atoms with Crippen molar-refractivity contribution >= 4 is 16.8 Å². The number of nitrogens with one attached hydrogen (secondary N) is 2. The topological polar surface area (TPSA) is 87.2 Å². The Kier molecular flexibility index (Phi) is 6.02. The number of aromatic amines is 1.